The summed E-state index contributed by atoms with van der Waals surface area (Å²) in [6.45, 7) is 11.3. The quantitative estimate of drug-likeness (QED) is 0.362. The van der Waals surface area contributed by atoms with Gasteiger partial charge < -0.3 is 25.2 Å². The van der Waals surface area contributed by atoms with Crippen molar-refractivity contribution in [2.24, 2.45) is 10.7 Å². The molecule has 0 bridgehead atoms. The maximum absolute atomic E-state index is 13.2. The number of morpholine rings is 1. The third-order valence-electron chi connectivity index (χ3n) is 7.22. The van der Waals surface area contributed by atoms with E-state index >= 15 is 0 Å². The fourth-order valence-corrected chi connectivity index (χ4v) is 4.82. The van der Waals surface area contributed by atoms with Crippen LogP contribution in [0.4, 0.5) is 30.6 Å². The Morgan fingerprint density at radius 3 is 2.45 bits per heavy atom. The summed E-state index contributed by atoms with van der Waals surface area (Å²) < 4.78 is 45.1. The molecule has 4 heterocycles. The normalized spacial score (nSPS) is 17.4. The van der Waals surface area contributed by atoms with Crippen LogP contribution in [0.1, 0.15) is 23.7 Å². The highest BCUT2D eigenvalue weighted by molar-refractivity contribution is 5.99. The van der Waals surface area contributed by atoms with Crippen LogP contribution in [-0.2, 0) is 10.9 Å². The number of hydrogen-bond acceptors (Lipinski definition) is 8. The highest BCUT2D eigenvalue weighted by atomic mass is 19.4. The largest absolute Gasteiger partial charge is 0.416 e. The molecule has 2 aliphatic rings. The number of alkyl halides is 3. The van der Waals surface area contributed by atoms with E-state index in [1.165, 1.54) is 12.1 Å². The van der Waals surface area contributed by atoms with Gasteiger partial charge in [-0.15, -0.1) is 0 Å². The van der Waals surface area contributed by atoms with Gasteiger partial charge in [0, 0.05) is 62.2 Å². The lowest BCUT2D eigenvalue weighted by Crippen LogP contribution is -2.47. The second kappa shape index (κ2) is 11.8. The zero-order valence-electron chi connectivity index (χ0n) is 22.7. The molecular weight excluding hydrogens is 521 g/mol. The first-order valence-electron chi connectivity index (χ1n) is 13.4. The fourth-order valence-electron chi connectivity index (χ4n) is 4.82. The third-order valence-corrected chi connectivity index (χ3v) is 7.22. The lowest BCUT2D eigenvalue weighted by Gasteiger charge is -2.35. The van der Waals surface area contributed by atoms with Gasteiger partial charge in [0.05, 0.1) is 36.4 Å². The summed E-state index contributed by atoms with van der Waals surface area (Å²) in [6, 6.07) is 8.57. The van der Waals surface area contributed by atoms with E-state index < -0.39 is 11.7 Å². The van der Waals surface area contributed by atoms with E-state index in [0.29, 0.717) is 30.5 Å². The minimum atomic E-state index is -4.47. The maximum atomic E-state index is 13.2. The average molecular weight is 555 g/mol. The van der Waals surface area contributed by atoms with E-state index in [9.17, 15) is 13.2 Å². The predicted octanol–water partition coefficient (Wildman–Crippen LogP) is 3.88. The van der Waals surface area contributed by atoms with Gasteiger partial charge in [0.25, 0.3) is 0 Å². The Hall–Kier alpha value is -3.77. The highest BCUT2D eigenvalue weighted by Gasteiger charge is 2.30. The van der Waals surface area contributed by atoms with Gasteiger partial charge in [0.1, 0.15) is 11.7 Å². The number of piperazine rings is 1. The standard InChI is InChI=1S/C28H33F3N8O/c1-3-37-7-9-39(10-8-37)27-35-24(17-25(36-27)38-11-13-40-14-12-38)23-16-22(18-33-19(23)2)34-26(32)20-5-4-6-21(15-20)28(29,30)31/h4-6,15-18H,3,7-14H2,1-2H3,(H2,32,34). The number of aliphatic imine (C=N–C) groups is 1. The van der Waals surface area contributed by atoms with Crippen LogP contribution in [0.2, 0.25) is 0 Å². The summed E-state index contributed by atoms with van der Waals surface area (Å²) in [5.41, 5.74) is 8.14. The van der Waals surface area contributed by atoms with Crippen molar-refractivity contribution >= 4 is 23.3 Å². The molecule has 0 atom stereocenters. The number of benzene rings is 1. The number of hydrogen-bond donors (Lipinski definition) is 1. The van der Waals surface area contributed by atoms with Gasteiger partial charge in [0.15, 0.2) is 0 Å². The van der Waals surface area contributed by atoms with Gasteiger partial charge in [-0.1, -0.05) is 19.1 Å². The molecule has 2 fully saturated rings. The van der Waals surface area contributed by atoms with Crippen LogP contribution in [-0.4, -0.2) is 84.7 Å². The molecule has 212 valence electrons. The van der Waals surface area contributed by atoms with Crippen molar-refractivity contribution in [3.8, 4) is 11.3 Å². The van der Waals surface area contributed by atoms with E-state index in [-0.39, 0.29) is 11.4 Å². The molecule has 0 amide bonds. The van der Waals surface area contributed by atoms with Crippen LogP contribution in [0, 0.1) is 6.92 Å². The van der Waals surface area contributed by atoms with Crippen LogP contribution in [0.15, 0.2) is 47.6 Å². The van der Waals surface area contributed by atoms with Crippen LogP contribution >= 0.6 is 0 Å². The minimum absolute atomic E-state index is 0.0334. The fraction of sp³-hybridized carbons (Fsp3) is 0.429. The zero-order valence-corrected chi connectivity index (χ0v) is 22.7. The molecule has 2 aliphatic heterocycles. The molecule has 2 saturated heterocycles. The Bertz CT molecular complexity index is 1370. The van der Waals surface area contributed by atoms with Gasteiger partial charge >= 0.3 is 6.18 Å². The number of rotatable bonds is 6. The average Bonchev–Trinajstić information content (AvgIpc) is 2.98. The SMILES string of the molecule is CCN1CCN(c2nc(-c3cc(N=C(N)c4cccc(C(F)(F)F)c4)cnc3C)cc(N3CCOCC3)n2)CC1. The lowest BCUT2D eigenvalue weighted by atomic mass is 10.1. The summed E-state index contributed by atoms with van der Waals surface area (Å²) in [6.07, 6.45) is -2.92. The molecular formula is C28H33F3N8O. The Labute approximate surface area is 231 Å². The minimum Gasteiger partial charge on any atom is -0.383 e. The second-order valence-corrected chi connectivity index (χ2v) is 9.83. The van der Waals surface area contributed by atoms with E-state index in [2.05, 4.69) is 31.6 Å². The summed E-state index contributed by atoms with van der Waals surface area (Å²) in [5, 5.41) is 0. The molecule has 1 aromatic carbocycles. The van der Waals surface area contributed by atoms with Gasteiger partial charge in [-0.3, -0.25) is 4.98 Å². The van der Waals surface area contributed by atoms with E-state index in [4.69, 9.17) is 20.4 Å². The smallest absolute Gasteiger partial charge is 0.383 e. The molecule has 9 nitrogen and oxygen atoms in total. The van der Waals surface area contributed by atoms with Gasteiger partial charge in [-0.05, 0) is 31.7 Å². The van der Waals surface area contributed by atoms with Gasteiger partial charge in [0.2, 0.25) is 5.95 Å². The van der Waals surface area contributed by atoms with E-state index in [1.807, 2.05) is 19.1 Å². The third kappa shape index (κ3) is 6.34. The van der Waals surface area contributed by atoms with Crippen molar-refractivity contribution in [3.63, 3.8) is 0 Å². The van der Waals surface area contributed by atoms with Crippen LogP contribution in [0.3, 0.4) is 0 Å². The number of likely N-dealkylation sites (N-methyl/N-ethyl adjacent to an activating group) is 1. The number of nitrogens with two attached hydrogens (primary N) is 1. The van der Waals surface area contributed by atoms with Crippen molar-refractivity contribution in [1.29, 1.82) is 0 Å². The number of halogens is 3. The van der Waals surface area contributed by atoms with Crippen molar-refractivity contribution in [2.75, 3.05) is 68.8 Å². The maximum Gasteiger partial charge on any atom is 0.416 e. The molecule has 0 saturated carbocycles. The molecule has 5 rings (SSSR count). The van der Waals surface area contributed by atoms with E-state index in [0.717, 1.165) is 75.0 Å². The van der Waals surface area contributed by atoms with Gasteiger partial charge in [-0.25, -0.2) is 9.98 Å². The Morgan fingerprint density at radius 2 is 1.75 bits per heavy atom. The summed E-state index contributed by atoms with van der Waals surface area (Å²) in [5.74, 6) is 1.44. The monoisotopic (exact) mass is 554 g/mol. The number of aryl methyl sites for hydroxylation is 1. The number of pyridine rings is 1. The second-order valence-electron chi connectivity index (χ2n) is 9.83. The molecule has 0 spiro atoms. The first-order chi connectivity index (χ1) is 19.2. The summed E-state index contributed by atoms with van der Waals surface area (Å²) in [4.78, 5) is 25.6. The number of anilines is 2. The first-order valence-corrected chi connectivity index (χ1v) is 13.4. The lowest BCUT2D eigenvalue weighted by molar-refractivity contribution is -0.137. The molecule has 0 aliphatic carbocycles. The summed E-state index contributed by atoms with van der Waals surface area (Å²) in [7, 11) is 0. The highest BCUT2D eigenvalue weighted by Crippen LogP contribution is 2.31. The topological polar surface area (TPSA) is 96.0 Å². The van der Waals surface area contributed by atoms with Crippen molar-refractivity contribution < 1.29 is 17.9 Å². The van der Waals surface area contributed by atoms with E-state index in [1.54, 1.807) is 6.20 Å². The molecule has 0 unspecified atom stereocenters. The predicted molar refractivity (Wildman–Crippen MR) is 149 cm³/mol. The zero-order chi connectivity index (χ0) is 28.3. The Kier molecular flexibility index (Phi) is 8.17. The number of nitrogens with zero attached hydrogens (tertiary/aromatic N) is 7. The Morgan fingerprint density at radius 1 is 1.00 bits per heavy atom. The van der Waals surface area contributed by atoms with Crippen LogP contribution in [0.25, 0.3) is 11.3 Å². The van der Waals surface area contributed by atoms with Crippen molar-refractivity contribution in [3.05, 3.63) is 59.4 Å². The van der Waals surface area contributed by atoms with Gasteiger partial charge in [-0.2, -0.15) is 18.2 Å². The molecule has 2 N–H and O–H groups in total. The number of ether oxygens (including phenoxy) is 1. The molecule has 40 heavy (non-hydrogen) atoms. The molecule has 2 aromatic heterocycles. The first kappa shape index (κ1) is 27.8. The van der Waals surface area contributed by atoms with Crippen LogP contribution < -0.4 is 15.5 Å². The molecule has 3 aromatic rings. The number of amidine groups is 1. The van der Waals surface area contributed by atoms with Crippen molar-refractivity contribution in [2.45, 2.75) is 20.0 Å². The van der Waals surface area contributed by atoms with Crippen molar-refractivity contribution in [1.82, 2.24) is 19.9 Å². The summed E-state index contributed by atoms with van der Waals surface area (Å²) >= 11 is 0. The van der Waals surface area contributed by atoms with Crippen LogP contribution in [0.5, 0.6) is 0 Å². The molecule has 0 radical (unpaired) electrons. The molecule has 12 heteroatoms. The number of aromatic nitrogens is 3. The Balaban J connectivity index is 1.51.